The van der Waals surface area contributed by atoms with Gasteiger partial charge in [0.15, 0.2) is 11.5 Å². The maximum Gasteiger partial charge on any atom is 0.387 e. The van der Waals surface area contributed by atoms with Crippen molar-refractivity contribution in [2.24, 2.45) is 0 Å². The molecule has 1 N–H and O–H groups in total. The highest BCUT2D eigenvalue weighted by Crippen LogP contribution is 2.29. The van der Waals surface area contributed by atoms with Crippen LogP contribution in [0.25, 0.3) is 0 Å². The monoisotopic (exact) mass is 345 g/mol. The summed E-state index contributed by atoms with van der Waals surface area (Å²) >= 11 is 0. The van der Waals surface area contributed by atoms with Gasteiger partial charge in [-0.25, -0.2) is 0 Å². The van der Waals surface area contributed by atoms with Crippen molar-refractivity contribution in [1.82, 2.24) is 4.90 Å². The van der Waals surface area contributed by atoms with Crippen molar-refractivity contribution >= 4 is 11.9 Å². The Kier molecular flexibility index (Phi) is 7.94. The lowest BCUT2D eigenvalue weighted by Crippen LogP contribution is -2.25. The standard InChI is InChI=1S/C16H21F2NO5/c1-19(14(20)5-3-4-6-15(21)22)10-11-7-8-12(23-2)13(9-11)24-16(17)18/h7-9,16H,3-6,10H2,1-2H3,(H,21,22). The van der Waals surface area contributed by atoms with Gasteiger partial charge in [-0.05, 0) is 30.5 Å². The maximum absolute atomic E-state index is 12.4. The smallest absolute Gasteiger partial charge is 0.387 e. The molecule has 0 heterocycles. The number of hydrogen-bond donors (Lipinski definition) is 1. The summed E-state index contributed by atoms with van der Waals surface area (Å²) in [7, 11) is 2.94. The number of hydrogen-bond acceptors (Lipinski definition) is 4. The number of amides is 1. The Morgan fingerprint density at radius 3 is 2.46 bits per heavy atom. The highest BCUT2D eigenvalue weighted by molar-refractivity contribution is 5.76. The second kappa shape index (κ2) is 9.69. The number of alkyl halides is 2. The molecule has 0 aliphatic heterocycles. The largest absolute Gasteiger partial charge is 0.493 e. The van der Waals surface area contributed by atoms with Crippen LogP contribution < -0.4 is 9.47 Å². The number of carbonyl (C=O) groups is 2. The number of carboxylic acid groups (broad SMARTS) is 1. The molecule has 1 amide bonds. The predicted octanol–water partition coefficient (Wildman–Crippen LogP) is 2.90. The van der Waals surface area contributed by atoms with Crippen LogP contribution in [-0.2, 0) is 16.1 Å². The number of halogens is 2. The molecule has 1 aromatic rings. The van der Waals surface area contributed by atoms with Crippen LogP contribution in [0.2, 0.25) is 0 Å². The number of unbranched alkanes of at least 4 members (excludes halogenated alkanes) is 1. The molecule has 0 aromatic heterocycles. The third kappa shape index (κ3) is 6.80. The van der Waals surface area contributed by atoms with E-state index in [1.807, 2.05) is 0 Å². The SMILES string of the molecule is COc1ccc(CN(C)C(=O)CCCCC(=O)O)cc1OC(F)F. The zero-order valence-electron chi connectivity index (χ0n) is 13.6. The van der Waals surface area contributed by atoms with Gasteiger partial charge in [-0.15, -0.1) is 0 Å². The molecule has 6 nitrogen and oxygen atoms in total. The number of benzene rings is 1. The summed E-state index contributed by atoms with van der Waals surface area (Å²) in [5.74, 6) is -0.942. The van der Waals surface area contributed by atoms with E-state index in [1.54, 1.807) is 13.1 Å². The number of ether oxygens (including phenoxy) is 2. The Labute approximate surface area is 139 Å². The van der Waals surface area contributed by atoms with Crippen LogP contribution in [0.1, 0.15) is 31.2 Å². The van der Waals surface area contributed by atoms with Crippen molar-refractivity contribution in [3.8, 4) is 11.5 Å². The van der Waals surface area contributed by atoms with E-state index in [4.69, 9.17) is 9.84 Å². The van der Waals surface area contributed by atoms with Gasteiger partial charge in [0.05, 0.1) is 7.11 Å². The molecule has 134 valence electrons. The second-order valence-corrected chi connectivity index (χ2v) is 5.21. The van der Waals surface area contributed by atoms with Crippen molar-refractivity contribution < 1.29 is 33.0 Å². The molecule has 0 aliphatic carbocycles. The quantitative estimate of drug-likeness (QED) is 0.660. The van der Waals surface area contributed by atoms with Gasteiger partial charge in [0, 0.05) is 26.4 Å². The number of carboxylic acids is 1. The van der Waals surface area contributed by atoms with Crippen LogP contribution in [0.15, 0.2) is 18.2 Å². The van der Waals surface area contributed by atoms with Crippen LogP contribution in [0.3, 0.4) is 0 Å². The Hall–Kier alpha value is -2.38. The Bertz CT molecular complexity index is 565. The lowest BCUT2D eigenvalue weighted by atomic mass is 10.1. The highest BCUT2D eigenvalue weighted by atomic mass is 19.3. The van der Waals surface area contributed by atoms with Crippen molar-refractivity contribution in [3.63, 3.8) is 0 Å². The summed E-state index contributed by atoms with van der Waals surface area (Å²) in [6.07, 6.45) is 1.19. The second-order valence-electron chi connectivity index (χ2n) is 5.21. The molecule has 1 aromatic carbocycles. The van der Waals surface area contributed by atoms with Gasteiger partial charge in [0.1, 0.15) is 0 Å². The molecule has 0 spiro atoms. The van der Waals surface area contributed by atoms with Gasteiger partial charge in [-0.2, -0.15) is 8.78 Å². The van der Waals surface area contributed by atoms with Crippen LogP contribution in [-0.4, -0.2) is 42.7 Å². The van der Waals surface area contributed by atoms with Crippen molar-refractivity contribution in [2.45, 2.75) is 38.8 Å². The number of aliphatic carboxylic acids is 1. The number of nitrogens with zero attached hydrogens (tertiary/aromatic N) is 1. The fourth-order valence-corrected chi connectivity index (χ4v) is 2.11. The van der Waals surface area contributed by atoms with Crippen LogP contribution in [0, 0.1) is 0 Å². The maximum atomic E-state index is 12.4. The zero-order valence-corrected chi connectivity index (χ0v) is 13.6. The van der Waals surface area contributed by atoms with Gasteiger partial charge in [0.25, 0.3) is 0 Å². The molecule has 0 bridgehead atoms. The molecule has 0 saturated carbocycles. The number of methoxy groups -OCH3 is 1. The summed E-state index contributed by atoms with van der Waals surface area (Å²) in [6, 6.07) is 4.56. The number of carbonyl (C=O) groups excluding carboxylic acids is 1. The fourth-order valence-electron chi connectivity index (χ4n) is 2.11. The minimum absolute atomic E-state index is 0.0315. The van der Waals surface area contributed by atoms with Gasteiger partial charge in [-0.1, -0.05) is 6.07 Å². The summed E-state index contributed by atoms with van der Waals surface area (Å²) in [5.41, 5.74) is 0.618. The molecule has 0 radical (unpaired) electrons. The molecule has 0 atom stereocenters. The summed E-state index contributed by atoms with van der Waals surface area (Å²) < 4.78 is 34.2. The normalized spacial score (nSPS) is 10.5. The molecular formula is C16H21F2NO5. The van der Waals surface area contributed by atoms with E-state index in [-0.39, 0.29) is 36.8 Å². The minimum Gasteiger partial charge on any atom is -0.493 e. The van der Waals surface area contributed by atoms with Crippen molar-refractivity contribution in [2.75, 3.05) is 14.2 Å². The summed E-state index contributed by atoms with van der Waals surface area (Å²) in [5, 5.41) is 8.54. The van der Waals surface area contributed by atoms with E-state index in [1.165, 1.54) is 24.1 Å². The van der Waals surface area contributed by atoms with Crippen LogP contribution in [0.4, 0.5) is 8.78 Å². The van der Waals surface area contributed by atoms with E-state index in [0.29, 0.717) is 18.4 Å². The zero-order chi connectivity index (χ0) is 18.1. The van der Waals surface area contributed by atoms with Gasteiger partial charge in [0.2, 0.25) is 5.91 Å². The molecule has 0 saturated heterocycles. The first kappa shape index (κ1) is 19.7. The predicted molar refractivity (Wildman–Crippen MR) is 82.2 cm³/mol. The third-order valence-corrected chi connectivity index (χ3v) is 3.32. The van der Waals surface area contributed by atoms with Crippen LogP contribution in [0.5, 0.6) is 11.5 Å². The average Bonchev–Trinajstić information content (AvgIpc) is 2.50. The Morgan fingerprint density at radius 1 is 1.21 bits per heavy atom. The minimum atomic E-state index is -2.97. The lowest BCUT2D eigenvalue weighted by molar-refractivity contribution is -0.137. The topological polar surface area (TPSA) is 76.1 Å². The Balaban J connectivity index is 2.60. The molecule has 8 heteroatoms. The van der Waals surface area contributed by atoms with E-state index < -0.39 is 12.6 Å². The van der Waals surface area contributed by atoms with Crippen molar-refractivity contribution in [3.05, 3.63) is 23.8 Å². The molecule has 0 unspecified atom stereocenters. The molecular weight excluding hydrogens is 324 g/mol. The van der Waals surface area contributed by atoms with Gasteiger partial charge >= 0.3 is 12.6 Å². The first-order valence-corrected chi connectivity index (χ1v) is 7.41. The highest BCUT2D eigenvalue weighted by Gasteiger charge is 2.14. The first-order chi connectivity index (χ1) is 11.3. The third-order valence-electron chi connectivity index (χ3n) is 3.32. The fraction of sp³-hybridized carbons (Fsp3) is 0.500. The van der Waals surface area contributed by atoms with E-state index in [0.717, 1.165) is 0 Å². The lowest BCUT2D eigenvalue weighted by Gasteiger charge is -2.18. The van der Waals surface area contributed by atoms with E-state index >= 15 is 0 Å². The molecule has 0 aliphatic rings. The first-order valence-electron chi connectivity index (χ1n) is 7.41. The summed E-state index contributed by atoms with van der Waals surface area (Å²) in [4.78, 5) is 23.8. The van der Waals surface area contributed by atoms with E-state index in [2.05, 4.69) is 4.74 Å². The van der Waals surface area contributed by atoms with Gasteiger partial charge in [-0.3, -0.25) is 9.59 Å². The average molecular weight is 345 g/mol. The van der Waals surface area contributed by atoms with Crippen molar-refractivity contribution in [1.29, 1.82) is 0 Å². The van der Waals surface area contributed by atoms with Crippen LogP contribution >= 0.6 is 0 Å². The molecule has 24 heavy (non-hydrogen) atoms. The molecule has 1 rings (SSSR count). The van der Waals surface area contributed by atoms with E-state index in [9.17, 15) is 18.4 Å². The molecule has 0 fully saturated rings. The summed E-state index contributed by atoms with van der Waals surface area (Å²) in [6.45, 7) is -2.75. The van der Waals surface area contributed by atoms with Gasteiger partial charge < -0.3 is 19.5 Å². The number of rotatable bonds is 10. The Morgan fingerprint density at radius 2 is 1.88 bits per heavy atom.